The minimum atomic E-state index is -4.03. The Kier molecular flexibility index (Phi) is 2.62. The van der Waals surface area contributed by atoms with Crippen molar-refractivity contribution in [3.8, 4) is 0 Å². The first-order chi connectivity index (χ1) is 7.12. The fourth-order valence-electron chi connectivity index (χ4n) is 0.693. The highest BCUT2D eigenvalue weighted by Gasteiger charge is 2.07. The third kappa shape index (κ3) is 3.61. The first kappa shape index (κ1) is 8.64. The summed E-state index contributed by atoms with van der Waals surface area (Å²) in [6, 6.07) is 3.15. The maximum atomic E-state index is 13.3. The van der Waals surface area contributed by atoms with E-state index in [4.69, 9.17) is 14.3 Å². The van der Waals surface area contributed by atoms with Gasteiger partial charge in [-0.25, -0.2) is 4.39 Å². The molecule has 1 aromatic rings. The lowest BCUT2D eigenvalue weighted by Gasteiger charge is -2.03. The Morgan fingerprint density at radius 2 is 2.29 bits per heavy atom. The molecule has 0 aliphatic carbocycles. The van der Waals surface area contributed by atoms with Crippen molar-refractivity contribution in [1.29, 1.82) is 0 Å². The molecule has 0 saturated heterocycles. The maximum absolute atomic E-state index is 13.3. The zero-order chi connectivity index (χ0) is 12.6. The molecule has 0 bridgehead atoms. The number of halogens is 2. The van der Waals surface area contributed by atoms with E-state index in [1.54, 1.807) is 0 Å². The Balaban J connectivity index is 3.17. The Morgan fingerprint density at radius 1 is 1.64 bits per heavy atom. The second-order valence-corrected chi connectivity index (χ2v) is 4.53. The number of hydrogen-bond acceptors (Lipinski definition) is 3. The fourth-order valence-corrected chi connectivity index (χ4v) is 1.09. The monoisotopic (exact) mass is 240 g/mol. The largest absolute Gasteiger partial charge is 0.265 e. The van der Waals surface area contributed by atoms with E-state index in [0.717, 1.165) is 12.1 Å². The van der Waals surface area contributed by atoms with Crippen LogP contribution in [0.4, 0.5) is 4.39 Å². The molecule has 0 fully saturated rings. The second kappa shape index (κ2) is 4.25. The van der Waals surface area contributed by atoms with Crippen molar-refractivity contribution >= 4 is 21.7 Å². The molecule has 3 nitrogen and oxygen atoms in total. The van der Waals surface area contributed by atoms with E-state index in [-0.39, 0.29) is 5.02 Å². The summed E-state index contributed by atoms with van der Waals surface area (Å²) in [4.78, 5) is 0. The Hall–Kier alpha value is -0.650. The number of rotatable bonds is 3. The normalized spacial score (nSPS) is 14.8. The van der Waals surface area contributed by atoms with Crippen LogP contribution in [0.15, 0.2) is 18.2 Å². The van der Waals surface area contributed by atoms with E-state index in [1.807, 2.05) is 0 Å². The van der Waals surface area contributed by atoms with Gasteiger partial charge < -0.3 is 0 Å². The maximum Gasteiger partial charge on any atom is 0.264 e. The standard InChI is InChI=1S/C8H8ClFO3S/c1-14(11,12)13-5-6-2-3-7(9)4-8(6)10/h2-4H,5H2,1H3/i5D2. The summed E-state index contributed by atoms with van der Waals surface area (Å²) in [7, 11) is -4.03. The summed E-state index contributed by atoms with van der Waals surface area (Å²) in [5, 5.41) is 0.0800. The smallest absolute Gasteiger partial charge is 0.264 e. The van der Waals surface area contributed by atoms with E-state index in [0.29, 0.717) is 6.26 Å². The van der Waals surface area contributed by atoms with Gasteiger partial charge in [0, 0.05) is 10.6 Å². The highest BCUT2D eigenvalue weighted by atomic mass is 35.5. The van der Waals surface area contributed by atoms with Gasteiger partial charge in [0.2, 0.25) is 0 Å². The molecule has 0 aliphatic rings. The Labute approximate surface area is 89.4 Å². The quantitative estimate of drug-likeness (QED) is 0.759. The molecule has 0 radical (unpaired) electrons. The van der Waals surface area contributed by atoms with Crippen molar-refractivity contribution in [3.63, 3.8) is 0 Å². The minimum Gasteiger partial charge on any atom is -0.265 e. The predicted octanol–water partition coefficient (Wildman–Crippen LogP) is 1.96. The average molecular weight is 241 g/mol. The zero-order valence-corrected chi connectivity index (χ0v) is 8.69. The van der Waals surface area contributed by atoms with Gasteiger partial charge in [-0.3, -0.25) is 4.18 Å². The van der Waals surface area contributed by atoms with E-state index in [1.165, 1.54) is 6.07 Å². The number of benzene rings is 1. The summed E-state index contributed by atoms with van der Waals surface area (Å²) >= 11 is 5.48. The average Bonchev–Trinajstić information content (AvgIpc) is 1.97. The Morgan fingerprint density at radius 3 is 2.79 bits per heavy atom. The van der Waals surface area contributed by atoms with E-state index in [2.05, 4.69) is 4.18 Å². The van der Waals surface area contributed by atoms with Crippen LogP contribution in [0.3, 0.4) is 0 Å². The molecule has 78 valence electrons. The highest BCUT2D eigenvalue weighted by molar-refractivity contribution is 7.85. The van der Waals surface area contributed by atoms with Crippen LogP contribution in [0.1, 0.15) is 8.30 Å². The summed E-state index contributed by atoms with van der Waals surface area (Å²) in [6.07, 6.45) is 0.679. The van der Waals surface area contributed by atoms with Crippen LogP contribution in [-0.4, -0.2) is 14.7 Å². The molecule has 0 unspecified atom stereocenters. The molecule has 0 amide bonds. The van der Waals surface area contributed by atoms with Crippen molar-refractivity contribution in [2.45, 2.75) is 6.56 Å². The van der Waals surface area contributed by atoms with E-state index >= 15 is 0 Å². The van der Waals surface area contributed by atoms with Crippen LogP contribution in [0.5, 0.6) is 0 Å². The van der Waals surface area contributed by atoms with Crippen molar-refractivity contribution in [2.24, 2.45) is 0 Å². The molecular weight excluding hydrogens is 231 g/mol. The number of hydrogen-bond donors (Lipinski definition) is 0. The molecule has 14 heavy (non-hydrogen) atoms. The second-order valence-electron chi connectivity index (χ2n) is 2.51. The van der Waals surface area contributed by atoms with Crippen LogP contribution in [-0.2, 0) is 20.9 Å². The predicted molar refractivity (Wildman–Crippen MR) is 51.0 cm³/mol. The molecule has 0 spiro atoms. The molecule has 0 saturated carbocycles. The molecule has 1 rings (SSSR count). The van der Waals surface area contributed by atoms with Crippen LogP contribution in [0, 0.1) is 5.82 Å². The third-order valence-electron chi connectivity index (χ3n) is 1.23. The lowest BCUT2D eigenvalue weighted by atomic mass is 10.2. The van der Waals surface area contributed by atoms with Gasteiger partial charge in [0.15, 0.2) is 0 Å². The summed E-state index contributed by atoms with van der Waals surface area (Å²) in [5.74, 6) is -0.971. The van der Waals surface area contributed by atoms with Gasteiger partial charge >= 0.3 is 0 Å². The van der Waals surface area contributed by atoms with Crippen molar-refractivity contribution in [1.82, 2.24) is 0 Å². The summed E-state index contributed by atoms with van der Waals surface area (Å²) < 4.78 is 53.7. The topological polar surface area (TPSA) is 43.4 Å². The van der Waals surface area contributed by atoms with Gasteiger partial charge in [-0.15, -0.1) is 0 Å². The van der Waals surface area contributed by atoms with Crippen LogP contribution in [0.25, 0.3) is 0 Å². The molecule has 0 aromatic heterocycles. The van der Waals surface area contributed by atoms with Gasteiger partial charge in [-0.1, -0.05) is 17.7 Å². The SMILES string of the molecule is [2H]C([2H])(OS(C)(=O)=O)c1ccc(Cl)cc1F. The molecule has 0 N–H and O–H groups in total. The summed E-state index contributed by atoms with van der Waals surface area (Å²) in [5.41, 5.74) is -0.526. The van der Waals surface area contributed by atoms with Crippen LogP contribution in [0.2, 0.25) is 5.02 Å². The molecule has 0 atom stereocenters. The fraction of sp³-hybridized carbons (Fsp3) is 0.250. The van der Waals surface area contributed by atoms with Crippen molar-refractivity contribution in [2.75, 3.05) is 6.26 Å². The molecule has 6 heteroatoms. The third-order valence-corrected chi connectivity index (χ3v) is 1.86. The first-order valence-electron chi connectivity index (χ1n) is 4.48. The highest BCUT2D eigenvalue weighted by Crippen LogP contribution is 2.15. The lowest BCUT2D eigenvalue weighted by molar-refractivity contribution is 0.306. The van der Waals surface area contributed by atoms with Crippen molar-refractivity contribution in [3.05, 3.63) is 34.6 Å². The van der Waals surface area contributed by atoms with Crippen LogP contribution >= 0.6 is 11.6 Å². The van der Waals surface area contributed by atoms with Gasteiger partial charge in [-0.05, 0) is 12.1 Å². The van der Waals surface area contributed by atoms with E-state index < -0.39 is 28.1 Å². The van der Waals surface area contributed by atoms with Gasteiger partial charge in [0.25, 0.3) is 10.1 Å². The summed E-state index contributed by atoms with van der Waals surface area (Å²) in [6.45, 7) is -2.76. The van der Waals surface area contributed by atoms with Gasteiger partial charge in [-0.2, -0.15) is 8.42 Å². The van der Waals surface area contributed by atoms with Gasteiger partial charge in [0.1, 0.15) is 5.82 Å². The van der Waals surface area contributed by atoms with Gasteiger partial charge in [0.05, 0.1) is 15.6 Å². The molecule has 1 aromatic carbocycles. The lowest BCUT2D eigenvalue weighted by Crippen LogP contribution is -2.03. The van der Waals surface area contributed by atoms with Crippen molar-refractivity contribution < 1.29 is 19.7 Å². The molecule has 0 heterocycles. The molecule has 0 aliphatic heterocycles. The molecular formula is C8H8ClFO3S. The van der Waals surface area contributed by atoms with Crippen LogP contribution < -0.4 is 0 Å². The first-order valence-corrected chi connectivity index (χ1v) is 5.67. The zero-order valence-electron chi connectivity index (χ0n) is 9.12. The minimum absolute atomic E-state index is 0.0800. The van der Waals surface area contributed by atoms with E-state index in [9.17, 15) is 12.8 Å². The Bertz CT molecular complexity index is 504.